The largest absolute Gasteiger partial charge is 0.497 e. The van der Waals surface area contributed by atoms with E-state index in [4.69, 9.17) is 9.47 Å². The summed E-state index contributed by atoms with van der Waals surface area (Å²) in [5, 5.41) is 0. The lowest BCUT2D eigenvalue weighted by atomic mass is 10.1. The van der Waals surface area contributed by atoms with Crippen molar-refractivity contribution in [1.29, 1.82) is 0 Å². The maximum atomic E-state index is 12.0. The number of methoxy groups -OCH3 is 1. The van der Waals surface area contributed by atoms with Crippen molar-refractivity contribution in [2.75, 3.05) is 46.4 Å². The highest BCUT2D eigenvalue weighted by Crippen LogP contribution is 2.22. The fraction of sp³-hybridized carbons (Fsp3) is 0.609. The molecule has 28 heavy (non-hydrogen) atoms. The van der Waals surface area contributed by atoms with Gasteiger partial charge in [-0.1, -0.05) is 25.7 Å². The molecule has 2 aliphatic rings. The van der Waals surface area contributed by atoms with Gasteiger partial charge in [-0.15, -0.1) is 0 Å². The quantitative estimate of drug-likeness (QED) is 0.399. The van der Waals surface area contributed by atoms with Crippen LogP contribution in [0.4, 0.5) is 0 Å². The van der Waals surface area contributed by atoms with Crippen LogP contribution in [-0.2, 0) is 14.3 Å². The van der Waals surface area contributed by atoms with Crippen molar-refractivity contribution in [3.05, 3.63) is 47.9 Å². The minimum Gasteiger partial charge on any atom is -0.497 e. The summed E-state index contributed by atoms with van der Waals surface area (Å²) < 4.78 is 10.9. The molecule has 0 radical (unpaired) electrons. The summed E-state index contributed by atoms with van der Waals surface area (Å²) in [4.78, 5) is 16.7. The molecule has 1 saturated heterocycles. The molecule has 0 atom stereocenters. The van der Waals surface area contributed by atoms with Gasteiger partial charge in [0.2, 0.25) is 0 Å². The predicted molar refractivity (Wildman–Crippen MR) is 114 cm³/mol. The van der Waals surface area contributed by atoms with Crippen molar-refractivity contribution in [1.82, 2.24) is 9.80 Å². The van der Waals surface area contributed by atoms with Crippen LogP contribution in [0.1, 0.15) is 39.5 Å². The van der Waals surface area contributed by atoms with E-state index in [0.29, 0.717) is 11.9 Å². The van der Waals surface area contributed by atoms with Gasteiger partial charge < -0.3 is 19.3 Å². The summed E-state index contributed by atoms with van der Waals surface area (Å²) in [6, 6.07) is 0. The molecular formula is C23H36N2O3. The Morgan fingerprint density at radius 1 is 1.32 bits per heavy atom. The highest BCUT2D eigenvalue weighted by molar-refractivity contribution is 5.98. The zero-order valence-corrected chi connectivity index (χ0v) is 17.8. The van der Waals surface area contributed by atoms with Gasteiger partial charge in [-0.3, -0.25) is 4.79 Å². The molecule has 156 valence electrons. The molecule has 2 aliphatic heterocycles. The number of ether oxygens (including phenoxy) is 2. The summed E-state index contributed by atoms with van der Waals surface area (Å²) in [5.74, 6) is 0.714. The Kier molecular flexibility index (Phi) is 9.51. The van der Waals surface area contributed by atoms with Crippen LogP contribution in [0.2, 0.25) is 0 Å². The molecule has 0 N–H and O–H groups in total. The van der Waals surface area contributed by atoms with Crippen LogP contribution < -0.4 is 0 Å². The van der Waals surface area contributed by atoms with Crippen LogP contribution in [-0.4, -0.2) is 68.1 Å². The van der Waals surface area contributed by atoms with E-state index in [-0.39, 0.29) is 5.78 Å². The molecule has 0 amide bonds. The Labute approximate surface area is 170 Å². The molecular weight excluding hydrogens is 352 g/mol. The zero-order chi connectivity index (χ0) is 20.4. The normalized spacial score (nSPS) is 20.2. The number of likely N-dealkylation sites (tertiary alicyclic amines) is 1. The maximum Gasteiger partial charge on any atom is 0.161 e. The lowest BCUT2D eigenvalue weighted by Crippen LogP contribution is -2.38. The van der Waals surface area contributed by atoms with Crippen LogP contribution in [0.3, 0.4) is 0 Å². The lowest BCUT2D eigenvalue weighted by molar-refractivity contribution is -0.113. The number of ketones is 1. The molecule has 0 aromatic rings. The summed E-state index contributed by atoms with van der Waals surface area (Å²) in [6.07, 6.45) is 12.6. The number of hydrogen-bond acceptors (Lipinski definition) is 5. The molecule has 1 fully saturated rings. The third-order valence-electron chi connectivity index (χ3n) is 5.26. The van der Waals surface area contributed by atoms with Gasteiger partial charge in [-0.25, -0.2) is 0 Å². The number of carbonyl (C=O) groups excluding carboxylic acids is 1. The predicted octanol–water partition coefficient (Wildman–Crippen LogP) is 3.70. The second-order valence-electron chi connectivity index (χ2n) is 7.56. The van der Waals surface area contributed by atoms with E-state index in [1.807, 2.05) is 18.4 Å². The molecule has 5 nitrogen and oxygen atoms in total. The first-order valence-corrected chi connectivity index (χ1v) is 10.4. The lowest BCUT2D eigenvalue weighted by Gasteiger charge is -2.32. The number of allylic oxidation sites excluding steroid dienone is 3. The molecule has 0 aromatic heterocycles. The van der Waals surface area contributed by atoms with Crippen molar-refractivity contribution >= 4 is 5.78 Å². The highest BCUT2D eigenvalue weighted by Gasteiger charge is 2.22. The number of carbonyl (C=O) groups is 1. The van der Waals surface area contributed by atoms with Crippen LogP contribution in [0.5, 0.6) is 0 Å². The van der Waals surface area contributed by atoms with E-state index < -0.39 is 0 Å². The van der Waals surface area contributed by atoms with E-state index >= 15 is 0 Å². The van der Waals surface area contributed by atoms with Crippen molar-refractivity contribution in [2.45, 2.75) is 45.6 Å². The molecule has 0 spiro atoms. The third-order valence-corrected chi connectivity index (χ3v) is 5.26. The van der Waals surface area contributed by atoms with Gasteiger partial charge in [0.15, 0.2) is 5.78 Å². The SMILES string of the molecule is C=C(/C=C\C=C1/CN(CCCN2CCC(OCCC)CC2)C=C1C(C)=O)OC. The van der Waals surface area contributed by atoms with Gasteiger partial charge in [-0.05, 0) is 50.8 Å². The molecule has 5 heteroatoms. The van der Waals surface area contributed by atoms with Gasteiger partial charge in [0.25, 0.3) is 0 Å². The molecule has 0 saturated carbocycles. The molecule has 0 unspecified atom stereocenters. The van der Waals surface area contributed by atoms with Crippen LogP contribution in [0.15, 0.2) is 47.9 Å². The highest BCUT2D eigenvalue weighted by atomic mass is 16.5. The van der Waals surface area contributed by atoms with Crippen molar-refractivity contribution < 1.29 is 14.3 Å². The monoisotopic (exact) mass is 388 g/mol. The Morgan fingerprint density at radius 3 is 2.71 bits per heavy atom. The van der Waals surface area contributed by atoms with Gasteiger partial charge >= 0.3 is 0 Å². The standard InChI is InChI=1S/C23H36N2O3/c1-5-16-28-22-10-14-24(15-11-22)12-7-13-25-17-21(23(18-25)20(3)26)9-6-8-19(2)27-4/h6,8-9,18,22H,2,5,7,10-17H2,1,3-4H3/b8-6-,21-9+. The van der Waals surface area contributed by atoms with E-state index in [1.54, 1.807) is 20.1 Å². The van der Waals surface area contributed by atoms with Crippen LogP contribution in [0.25, 0.3) is 0 Å². The molecule has 0 aromatic carbocycles. The average molecular weight is 389 g/mol. The second-order valence-corrected chi connectivity index (χ2v) is 7.56. The summed E-state index contributed by atoms with van der Waals surface area (Å²) in [6.45, 7) is 13.6. The fourth-order valence-corrected chi connectivity index (χ4v) is 3.64. The van der Waals surface area contributed by atoms with Crippen molar-refractivity contribution in [3.63, 3.8) is 0 Å². The first-order valence-electron chi connectivity index (χ1n) is 10.4. The minimum atomic E-state index is 0.113. The zero-order valence-electron chi connectivity index (χ0n) is 17.8. The first kappa shape index (κ1) is 22.4. The summed E-state index contributed by atoms with van der Waals surface area (Å²) in [7, 11) is 1.60. The smallest absolute Gasteiger partial charge is 0.161 e. The van der Waals surface area contributed by atoms with Crippen LogP contribution in [0, 0.1) is 0 Å². The number of hydrogen-bond donors (Lipinski definition) is 0. The number of piperidine rings is 1. The minimum absolute atomic E-state index is 0.113. The second kappa shape index (κ2) is 11.9. The van der Waals surface area contributed by atoms with E-state index in [1.165, 1.54) is 0 Å². The Balaban J connectivity index is 1.76. The molecule has 2 rings (SSSR count). The van der Waals surface area contributed by atoms with E-state index in [0.717, 1.165) is 76.2 Å². The van der Waals surface area contributed by atoms with Crippen molar-refractivity contribution in [3.8, 4) is 0 Å². The molecule has 0 aliphatic carbocycles. The fourth-order valence-electron chi connectivity index (χ4n) is 3.64. The maximum absolute atomic E-state index is 12.0. The van der Waals surface area contributed by atoms with Crippen molar-refractivity contribution in [2.24, 2.45) is 0 Å². The molecule has 0 bridgehead atoms. The average Bonchev–Trinajstić information content (AvgIpc) is 3.10. The number of rotatable bonds is 11. The first-order chi connectivity index (χ1) is 13.5. The molecule has 2 heterocycles. The number of Topliss-reactive ketones (excluding diaryl/α,β-unsaturated/α-hetero) is 1. The number of nitrogens with zero attached hydrogens (tertiary/aromatic N) is 2. The Morgan fingerprint density at radius 2 is 2.07 bits per heavy atom. The Bertz CT molecular complexity index is 613. The van der Waals surface area contributed by atoms with E-state index in [9.17, 15) is 4.79 Å². The van der Waals surface area contributed by atoms with Gasteiger partial charge in [0.1, 0.15) is 5.76 Å². The van der Waals surface area contributed by atoms with Gasteiger partial charge in [-0.2, -0.15) is 0 Å². The van der Waals surface area contributed by atoms with Crippen LogP contribution >= 0.6 is 0 Å². The Hall–Kier alpha value is -1.85. The summed E-state index contributed by atoms with van der Waals surface area (Å²) >= 11 is 0. The van der Waals surface area contributed by atoms with Gasteiger partial charge in [0, 0.05) is 44.6 Å². The third kappa shape index (κ3) is 7.28. The topological polar surface area (TPSA) is 42.0 Å². The van der Waals surface area contributed by atoms with E-state index in [2.05, 4.69) is 23.3 Å². The van der Waals surface area contributed by atoms with Gasteiger partial charge in [0.05, 0.1) is 13.2 Å². The summed E-state index contributed by atoms with van der Waals surface area (Å²) in [5.41, 5.74) is 1.86.